The van der Waals surface area contributed by atoms with Gasteiger partial charge in [-0.1, -0.05) is 87.7 Å². The lowest BCUT2D eigenvalue weighted by Crippen LogP contribution is -1.85. The molecule has 0 aliphatic heterocycles. The minimum atomic E-state index is 1.11. The third-order valence-electron chi connectivity index (χ3n) is 7.43. The van der Waals surface area contributed by atoms with Gasteiger partial charge in [0.1, 0.15) is 0 Å². The molecule has 0 saturated heterocycles. The van der Waals surface area contributed by atoms with Crippen molar-refractivity contribution < 1.29 is 0 Å². The van der Waals surface area contributed by atoms with Gasteiger partial charge in [-0.3, -0.25) is 0 Å². The van der Waals surface area contributed by atoms with Gasteiger partial charge in [0.25, 0.3) is 0 Å². The smallest absolute Gasteiger partial charge is 0.0171 e. The van der Waals surface area contributed by atoms with Crippen molar-refractivity contribution in [1.82, 2.24) is 0 Å². The molecule has 0 aliphatic carbocycles. The summed E-state index contributed by atoms with van der Waals surface area (Å²) in [5.41, 5.74) is 4.69. The third-order valence-corrected chi connectivity index (χ3v) is 7.43. The predicted molar refractivity (Wildman–Crippen MR) is 182 cm³/mol. The van der Waals surface area contributed by atoms with E-state index in [1.165, 1.54) is 65.0 Å². The van der Waals surface area contributed by atoms with Crippen LogP contribution in [0.2, 0.25) is 0 Å². The van der Waals surface area contributed by atoms with Crippen molar-refractivity contribution in [2.45, 2.75) is 13.8 Å². The molecule has 0 aromatic heterocycles. The molecule has 0 nitrogen and oxygen atoms in total. The fourth-order valence-corrected chi connectivity index (χ4v) is 5.49. The first-order valence-corrected chi connectivity index (χ1v) is 13.8. The Kier molecular flexibility index (Phi) is 7.62. The molecule has 0 spiro atoms. The molecule has 0 atom stereocenters. The average Bonchev–Trinajstić information content (AvgIpc) is 3.02. The number of hydrogen-bond donors (Lipinski definition) is 0. The Morgan fingerprint density at radius 2 is 0.675 bits per heavy atom. The zero-order valence-electron chi connectivity index (χ0n) is 23.4. The van der Waals surface area contributed by atoms with Crippen LogP contribution in [0.5, 0.6) is 0 Å². The number of rotatable bonds is 3. The minimum absolute atomic E-state index is 1.11. The molecule has 7 aromatic rings. The van der Waals surface area contributed by atoms with Gasteiger partial charge in [-0.2, -0.15) is 0 Å². The van der Waals surface area contributed by atoms with Gasteiger partial charge in [0.15, 0.2) is 0 Å². The van der Waals surface area contributed by atoms with Crippen LogP contribution in [0, 0.1) is 0 Å². The van der Waals surface area contributed by atoms with Crippen molar-refractivity contribution >= 4 is 66.0 Å². The Bertz CT molecular complexity index is 2040. The van der Waals surface area contributed by atoms with Gasteiger partial charge in [-0.05, 0) is 137 Å². The van der Waals surface area contributed by atoms with Gasteiger partial charge in [0.2, 0.25) is 0 Å². The summed E-state index contributed by atoms with van der Waals surface area (Å²) < 4.78 is 0. The van der Waals surface area contributed by atoms with E-state index in [9.17, 15) is 0 Å². The molecule has 0 unspecified atom stereocenters. The van der Waals surface area contributed by atoms with Crippen molar-refractivity contribution in [1.29, 1.82) is 0 Å². The first kappa shape index (κ1) is 26.7. The molecule has 0 radical (unpaired) electrons. The monoisotopic (exact) mass is 514 g/mol. The second-order valence-corrected chi connectivity index (χ2v) is 9.61. The maximum Gasteiger partial charge on any atom is -0.0171 e. The lowest BCUT2D eigenvalue weighted by molar-refractivity contribution is 1.50. The largest absolute Gasteiger partial charge is 0.106 e. The van der Waals surface area contributed by atoms with E-state index < -0.39 is 0 Å². The SMILES string of the molecule is C=C.C=Cc1cc2cc3ccc(-c4ccc5cc6cc7ccccc7cc6cc5c4)cc3cc2cc1C=C.CC. The van der Waals surface area contributed by atoms with Crippen LogP contribution >= 0.6 is 0 Å². The molecule has 0 heterocycles. The molecule has 7 aromatic carbocycles. The molecule has 0 N–H and O–H groups in total. The minimum Gasteiger partial charge on any atom is -0.106 e. The topological polar surface area (TPSA) is 0 Å². The van der Waals surface area contributed by atoms with Crippen molar-refractivity contribution in [3.05, 3.63) is 147 Å². The van der Waals surface area contributed by atoms with E-state index >= 15 is 0 Å². The number of hydrogen-bond acceptors (Lipinski definition) is 0. The Hall–Kier alpha value is -4.94. The summed E-state index contributed by atoms with van der Waals surface area (Å²) in [5, 5.41) is 12.6. The zero-order chi connectivity index (χ0) is 28.2. The molecule has 7 rings (SSSR count). The summed E-state index contributed by atoms with van der Waals surface area (Å²) in [6, 6.07) is 40.3. The van der Waals surface area contributed by atoms with Gasteiger partial charge in [-0.15, -0.1) is 13.2 Å². The van der Waals surface area contributed by atoms with E-state index in [-0.39, 0.29) is 0 Å². The molecule has 0 saturated carbocycles. The van der Waals surface area contributed by atoms with Gasteiger partial charge in [0, 0.05) is 0 Å². The van der Waals surface area contributed by atoms with Crippen molar-refractivity contribution in [3.8, 4) is 11.1 Å². The zero-order valence-corrected chi connectivity index (χ0v) is 23.4. The highest BCUT2D eigenvalue weighted by molar-refractivity contribution is 6.06. The maximum atomic E-state index is 3.97. The highest BCUT2D eigenvalue weighted by Crippen LogP contribution is 2.33. The molecule has 0 heteroatoms. The Morgan fingerprint density at radius 1 is 0.375 bits per heavy atom. The summed E-state index contributed by atoms with van der Waals surface area (Å²) in [7, 11) is 0. The summed E-state index contributed by atoms with van der Waals surface area (Å²) in [6.07, 6.45) is 3.80. The van der Waals surface area contributed by atoms with E-state index in [1.54, 1.807) is 0 Å². The highest BCUT2D eigenvalue weighted by Gasteiger charge is 2.07. The predicted octanol–water partition coefficient (Wildman–Crippen LogP) is 12.2. The van der Waals surface area contributed by atoms with Gasteiger partial charge in [-0.25, -0.2) is 0 Å². The summed E-state index contributed by atoms with van der Waals surface area (Å²) in [5.74, 6) is 0. The lowest BCUT2D eigenvalue weighted by atomic mass is 9.94. The standard InChI is InChI=1S/C36H24.C2H6.C2H4/c1-3-23-13-33-19-29-11-9-27(17-31(29)21-34(33)14-24(23)4-2)28-10-12-30-20-35-15-25-7-5-6-8-26(25)16-36(35)22-32(30)18-28;2*1-2/h3-22H,1-2H2;1-2H3;1-2H2. The molecule has 0 fully saturated rings. The molecule has 194 valence electrons. The van der Waals surface area contributed by atoms with E-state index in [0.717, 1.165) is 11.1 Å². The third kappa shape index (κ3) is 4.81. The molecule has 0 aliphatic rings. The van der Waals surface area contributed by atoms with Crippen LogP contribution in [0.1, 0.15) is 25.0 Å². The van der Waals surface area contributed by atoms with Crippen LogP contribution in [0.15, 0.2) is 136 Å². The number of fused-ring (bicyclic) bond motifs is 5. The van der Waals surface area contributed by atoms with Crippen LogP contribution in [-0.2, 0) is 0 Å². The fraction of sp³-hybridized carbons (Fsp3) is 0.0500. The Balaban J connectivity index is 0.000000774. The highest BCUT2D eigenvalue weighted by atomic mass is 14.1. The van der Waals surface area contributed by atoms with E-state index in [1.807, 2.05) is 26.0 Å². The van der Waals surface area contributed by atoms with E-state index in [0.29, 0.717) is 0 Å². The molecular formula is C40H34. The summed E-state index contributed by atoms with van der Waals surface area (Å²) >= 11 is 0. The maximum absolute atomic E-state index is 3.97. The van der Waals surface area contributed by atoms with Crippen molar-refractivity contribution in [2.75, 3.05) is 0 Å². The molecular weight excluding hydrogens is 480 g/mol. The first-order valence-electron chi connectivity index (χ1n) is 13.8. The van der Waals surface area contributed by atoms with Gasteiger partial charge < -0.3 is 0 Å². The second-order valence-electron chi connectivity index (χ2n) is 9.61. The van der Waals surface area contributed by atoms with Crippen LogP contribution in [0.4, 0.5) is 0 Å². The first-order chi connectivity index (χ1) is 19.7. The lowest BCUT2D eigenvalue weighted by Gasteiger charge is -2.10. The fourth-order valence-electron chi connectivity index (χ4n) is 5.49. The van der Waals surface area contributed by atoms with Crippen LogP contribution in [0.25, 0.3) is 77.1 Å². The Morgan fingerprint density at radius 3 is 1.05 bits per heavy atom. The van der Waals surface area contributed by atoms with Crippen molar-refractivity contribution in [2.24, 2.45) is 0 Å². The Labute approximate surface area is 237 Å². The van der Waals surface area contributed by atoms with Crippen LogP contribution < -0.4 is 0 Å². The van der Waals surface area contributed by atoms with Crippen LogP contribution in [-0.4, -0.2) is 0 Å². The molecule has 0 amide bonds. The second kappa shape index (κ2) is 11.4. The summed E-state index contributed by atoms with van der Waals surface area (Å²) in [6.45, 7) is 17.9. The normalized spacial score (nSPS) is 10.7. The quantitative estimate of drug-likeness (QED) is 0.162. The molecule has 40 heavy (non-hydrogen) atoms. The van der Waals surface area contributed by atoms with Gasteiger partial charge in [0.05, 0.1) is 0 Å². The van der Waals surface area contributed by atoms with Gasteiger partial charge >= 0.3 is 0 Å². The van der Waals surface area contributed by atoms with E-state index in [4.69, 9.17) is 0 Å². The summed E-state index contributed by atoms with van der Waals surface area (Å²) in [4.78, 5) is 0. The number of benzene rings is 7. The molecule has 0 bridgehead atoms. The van der Waals surface area contributed by atoms with Crippen LogP contribution in [0.3, 0.4) is 0 Å². The van der Waals surface area contributed by atoms with Crippen molar-refractivity contribution in [3.63, 3.8) is 0 Å². The average molecular weight is 515 g/mol. The van der Waals surface area contributed by atoms with E-state index in [2.05, 4.69) is 136 Å².